The van der Waals surface area contributed by atoms with Crippen LogP contribution in [0.25, 0.3) is 0 Å². The SMILES string of the molecule is CCCOc1ccc(C(=O)C(=O)OCC)c(Cl)c1. The molecule has 0 saturated carbocycles. The van der Waals surface area contributed by atoms with E-state index in [4.69, 9.17) is 16.3 Å². The quantitative estimate of drug-likeness (QED) is 0.453. The van der Waals surface area contributed by atoms with Crippen LogP contribution in [0.2, 0.25) is 5.02 Å². The van der Waals surface area contributed by atoms with E-state index in [1.807, 2.05) is 6.92 Å². The summed E-state index contributed by atoms with van der Waals surface area (Å²) in [6.07, 6.45) is 0.876. The van der Waals surface area contributed by atoms with Gasteiger partial charge in [-0.05, 0) is 31.5 Å². The summed E-state index contributed by atoms with van der Waals surface area (Å²) in [6, 6.07) is 4.59. The van der Waals surface area contributed by atoms with E-state index in [1.54, 1.807) is 13.0 Å². The van der Waals surface area contributed by atoms with Gasteiger partial charge < -0.3 is 9.47 Å². The van der Waals surface area contributed by atoms with Crippen LogP contribution in [0.4, 0.5) is 0 Å². The van der Waals surface area contributed by atoms with Gasteiger partial charge in [-0.15, -0.1) is 0 Å². The second-order valence-electron chi connectivity index (χ2n) is 3.54. The number of Topliss-reactive ketones (excluding diaryl/α,β-unsaturated/α-hetero) is 1. The molecule has 0 fully saturated rings. The van der Waals surface area contributed by atoms with Crippen molar-refractivity contribution in [2.75, 3.05) is 13.2 Å². The van der Waals surface area contributed by atoms with Gasteiger partial charge in [0.25, 0.3) is 5.78 Å². The summed E-state index contributed by atoms with van der Waals surface area (Å²) < 4.78 is 10.00. The summed E-state index contributed by atoms with van der Waals surface area (Å²) in [7, 11) is 0. The lowest BCUT2D eigenvalue weighted by atomic mass is 10.1. The van der Waals surface area contributed by atoms with Crippen molar-refractivity contribution in [3.8, 4) is 5.75 Å². The maximum absolute atomic E-state index is 11.7. The van der Waals surface area contributed by atoms with Crippen LogP contribution in [0.15, 0.2) is 18.2 Å². The van der Waals surface area contributed by atoms with E-state index in [-0.39, 0.29) is 17.2 Å². The van der Waals surface area contributed by atoms with Crippen molar-refractivity contribution in [1.29, 1.82) is 0 Å². The highest BCUT2D eigenvalue weighted by Crippen LogP contribution is 2.23. The van der Waals surface area contributed by atoms with Gasteiger partial charge in [-0.25, -0.2) is 4.79 Å². The molecule has 0 saturated heterocycles. The molecule has 0 N–H and O–H groups in total. The Morgan fingerprint density at radius 1 is 1.28 bits per heavy atom. The van der Waals surface area contributed by atoms with Crippen molar-refractivity contribution >= 4 is 23.4 Å². The van der Waals surface area contributed by atoms with Gasteiger partial charge in [-0.2, -0.15) is 0 Å². The Balaban J connectivity index is 2.85. The topological polar surface area (TPSA) is 52.6 Å². The first-order valence-corrected chi connectivity index (χ1v) is 6.11. The van der Waals surface area contributed by atoms with Gasteiger partial charge in [-0.1, -0.05) is 18.5 Å². The van der Waals surface area contributed by atoms with Gasteiger partial charge in [0.05, 0.1) is 18.2 Å². The second kappa shape index (κ2) is 7.01. The van der Waals surface area contributed by atoms with Gasteiger partial charge in [0.1, 0.15) is 5.75 Å². The van der Waals surface area contributed by atoms with Crippen LogP contribution < -0.4 is 4.74 Å². The van der Waals surface area contributed by atoms with E-state index in [1.165, 1.54) is 12.1 Å². The Bertz CT molecular complexity index is 443. The molecule has 0 aliphatic heterocycles. The zero-order chi connectivity index (χ0) is 13.5. The number of ketones is 1. The molecule has 0 bridgehead atoms. The van der Waals surface area contributed by atoms with Gasteiger partial charge in [0.2, 0.25) is 0 Å². The van der Waals surface area contributed by atoms with Gasteiger partial charge in [0.15, 0.2) is 0 Å². The van der Waals surface area contributed by atoms with Crippen molar-refractivity contribution in [2.24, 2.45) is 0 Å². The van der Waals surface area contributed by atoms with Crippen molar-refractivity contribution in [3.63, 3.8) is 0 Å². The van der Waals surface area contributed by atoms with E-state index in [0.717, 1.165) is 6.42 Å². The Hall–Kier alpha value is -1.55. The molecule has 1 aromatic carbocycles. The third-order valence-electron chi connectivity index (χ3n) is 2.12. The van der Waals surface area contributed by atoms with Crippen LogP contribution in [0, 0.1) is 0 Å². The molecule has 1 aromatic rings. The maximum atomic E-state index is 11.7. The number of hydrogen-bond donors (Lipinski definition) is 0. The third-order valence-corrected chi connectivity index (χ3v) is 2.43. The minimum Gasteiger partial charge on any atom is -0.494 e. The molecule has 5 heteroatoms. The summed E-state index contributed by atoms with van der Waals surface area (Å²) >= 11 is 5.94. The Morgan fingerprint density at radius 2 is 2.00 bits per heavy atom. The number of rotatable bonds is 6. The predicted octanol–water partition coefficient (Wildman–Crippen LogP) is 2.87. The van der Waals surface area contributed by atoms with Crippen LogP contribution in [0.1, 0.15) is 30.6 Å². The van der Waals surface area contributed by atoms with Crippen LogP contribution >= 0.6 is 11.6 Å². The van der Waals surface area contributed by atoms with Crippen molar-refractivity contribution < 1.29 is 19.1 Å². The molecule has 0 radical (unpaired) electrons. The molecule has 0 spiro atoms. The fraction of sp³-hybridized carbons (Fsp3) is 0.385. The molecule has 0 aliphatic rings. The first-order valence-electron chi connectivity index (χ1n) is 5.74. The van der Waals surface area contributed by atoms with E-state index in [0.29, 0.717) is 12.4 Å². The number of ether oxygens (including phenoxy) is 2. The standard InChI is InChI=1S/C13H15ClO4/c1-3-7-18-9-5-6-10(11(14)8-9)12(15)13(16)17-4-2/h5-6,8H,3-4,7H2,1-2H3. The molecule has 0 heterocycles. The van der Waals surface area contributed by atoms with Crippen molar-refractivity contribution in [3.05, 3.63) is 28.8 Å². The zero-order valence-corrected chi connectivity index (χ0v) is 11.1. The third kappa shape index (κ3) is 3.74. The molecule has 0 aromatic heterocycles. The molecule has 1 rings (SSSR count). The molecular weight excluding hydrogens is 256 g/mol. The van der Waals surface area contributed by atoms with Crippen LogP contribution in [-0.2, 0) is 9.53 Å². The first-order chi connectivity index (χ1) is 8.60. The van der Waals surface area contributed by atoms with Crippen molar-refractivity contribution in [1.82, 2.24) is 0 Å². The number of carbonyl (C=O) groups excluding carboxylic acids is 2. The largest absolute Gasteiger partial charge is 0.494 e. The van der Waals surface area contributed by atoms with E-state index < -0.39 is 11.8 Å². The Kier molecular flexibility index (Phi) is 5.65. The lowest BCUT2D eigenvalue weighted by molar-refractivity contribution is -0.137. The fourth-order valence-electron chi connectivity index (χ4n) is 1.30. The normalized spacial score (nSPS) is 9.94. The van der Waals surface area contributed by atoms with Gasteiger partial charge in [-0.3, -0.25) is 4.79 Å². The second-order valence-corrected chi connectivity index (χ2v) is 3.95. The van der Waals surface area contributed by atoms with Crippen LogP contribution in [0.5, 0.6) is 5.75 Å². The zero-order valence-electron chi connectivity index (χ0n) is 10.4. The molecule has 0 unspecified atom stereocenters. The number of halogens is 1. The van der Waals surface area contributed by atoms with Gasteiger partial charge in [0, 0.05) is 5.56 Å². The Labute approximate surface area is 111 Å². The van der Waals surface area contributed by atoms with Crippen LogP contribution in [-0.4, -0.2) is 25.0 Å². The average molecular weight is 271 g/mol. The smallest absolute Gasteiger partial charge is 0.379 e. The average Bonchev–Trinajstić information content (AvgIpc) is 2.36. The fourth-order valence-corrected chi connectivity index (χ4v) is 1.55. The van der Waals surface area contributed by atoms with Crippen molar-refractivity contribution in [2.45, 2.75) is 20.3 Å². The van der Waals surface area contributed by atoms with E-state index in [2.05, 4.69) is 4.74 Å². The molecular formula is C13H15ClO4. The highest BCUT2D eigenvalue weighted by molar-refractivity contribution is 6.45. The number of benzene rings is 1. The molecule has 0 aliphatic carbocycles. The van der Waals surface area contributed by atoms with Gasteiger partial charge >= 0.3 is 5.97 Å². The monoisotopic (exact) mass is 270 g/mol. The lowest BCUT2D eigenvalue weighted by Gasteiger charge is -2.07. The molecule has 18 heavy (non-hydrogen) atoms. The summed E-state index contributed by atoms with van der Waals surface area (Å²) in [4.78, 5) is 23.0. The molecule has 0 atom stereocenters. The highest BCUT2D eigenvalue weighted by Gasteiger charge is 2.20. The summed E-state index contributed by atoms with van der Waals surface area (Å²) in [5.74, 6) is -1.08. The van der Waals surface area contributed by atoms with E-state index >= 15 is 0 Å². The highest BCUT2D eigenvalue weighted by atomic mass is 35.5. The summed E-state index contributed by atoms with van der Waals surface area (Å²) in [6.45, 7) is 4.34. The molecule has 0 amide bonds. The first kappa shape index (κ1) is 14.5. The number of carbonyl (C=O) groups is 2. The molecule has 4 nitrogen and oxygen atoms in total. The molecule has 98 valence electrons. The Morgan fingerprint density at radius 3 is 2.56 bits per heavy atom. The number of hydrogen-bond acceptors (Lipinski definition) is 4. The summed E-state index contributed by atoms with van der Waals surface area (Å²) in [5, 5.41) is 0.182. The minimum atomic E-state index is -0.901. The lowest BCUT2D eigenvalue weighted by Crippen LogP contribution is -2.17. The summed E-state index contributed by atoms with van der Waals surface area (Å²) in [5.41, 5.74) is 0.124. The number of esters is 1. The predicted molar refractivity (Wildman–Crippen MR) is 68.2 cm³/mol. The van der Waals surface area contributed by atoms with Crippen LogP contribution in [0.3, 0.4) is 0 Å². The minimum absolute atomic E-state index is 0.124. The maximum Gasteiger partial charge on any atom is 0.379 e. The van der Waals surface area contributed by atoms with E-state index in [9.17, 15) is 9.59 Å².